The third-order valence-electron chi connectivity index (χ3n) is 3.03. The first-order chi connectivity index (χ1) is 10.5. The van der Waals surface area contributed by atoms with Gasteiger partial charge >= 0.3 is 0 Å². The van der Waals surface area contributed by atoms with Gasteiger partial charge in [0.25, 0.3) is 0 Å². The van der Waals surface area contributed by atoms with Crippen molar-refractivity contribution in [3.8, 4) is 6.07 Å². The Morgan fingerprint density at radius 3 is 2.82 bits per heavy atom. The second-order valence-corrected chi connectivity index (χ2v) is 7.11. The standard InChI is InChI=1S/C14H16N2O4S2/c1-3-10-4-5-12(20-10)11(9-19-2)16-22(17,18)14-6-7-21-13(14)8-15/h4-7,11,16H,3,9H2,1-2H3. The number of ether oxygens (including phenoxy) is 1. The summed E-state index contributed by atoms with van der Waals surface area (Å²) in [5, 5.41) is 10.6. The van der Waals surface area contributed by atoms with Gasteiger partial charge in [0.2, 0.25) is 10.0 Å². The Kier molecular flexibility index (Phi) is 5.37. The Morgan fingerprint density at radius 2 is 2.23 bits per heavy atom. The fourth-order valence-corrected chi connectivity index (χ4v) is 4.31. The minimum atomic E-state index is -3.83. The van der Waals surface area contributed by atoms with E-state index in [4.69, 9.17) is 14.4 Å². The van der Waals surface area contributed by atoms with Gasteiger partial charge in [0.15, 0.2) is 0 Å². The van der Waals surface area contributed by atoms with E-state index >= 15 is 0 Å². The summed E-state index contributed by atoms with van der Waals surface area (Å²) in [5.41, 5.74) is 0. The molecule has 2 rings (SSSR count). The summed E-state index contributed by atoms with van der Waals surface area (Å²) in [6.07, 6.45) is 0.718. The van der Waals surface area contributed by atoms with Crippen LogP contribution >= 0.6 is 11.3 Å². The number of sulfonamides is 1. The van der Waals surface area contributed by atoms with Gasteiger partial charge in [-0.2, -0.15) is 9.98 Å². The Balaban J connectivity index is 2.29. The van der Waals surface area contributed by atoms with Crippen LogP contribution in [0.2, 0.25) is 0 Å². The third-order valence-corrected chi connectivity index (χ3v) is 5.49. The number of nitrogens with one attached hydrogen (secondary N) is 1. The van der Waals surface area contributed by atoms with Crippen LogP contribution in [0.25, 0.3) is 0 Å². The molecule has 2 heterocycles. The first-order valence-electron chi connectivity index (χ1n) is 6.59. The summed E-state index contributed by atoms with van der Waals surface area (Å²) in [4.78, 5) is 0.126. The number of hydrogen-bond donors (Lipinski definition) is 1. The van der Waals surface area contributed by atoms with Crippen LogP contribution in [0, 0.1) is 11.3 Å². The molecular formula is C14H16N2O4S2. The van der Waals surface area contributed by atoms with Crippen LogP contribution in [-0.2, 0) is 21.2 Å². The minimum Gasteiger partial charge on any atom is -0.464 e. The number of thiophene rings is 1. The van der Waals surface area contributed by atoms with Crippen molar-refractivity contribution in [1.82, 2.24) is 4.72 Å². The highest BCUT2D eigenvalue weighted by Gasteiger charge is 2.26. The fourth-order valence-electron chi connectivity index (χ4n) is 1.95. The molecule has 0 bridgehead atoms. The molecule has 1 atom stereocenters. The topological polar surface area (TPSA) is 92.3 Å². The highest BCUT2D eigenvalue weighted by atomic mass is 32.2. The molecule has 0 spiro atoms. The van der Waals surface area contributed by atoms with Crippen LogP contribution in [0.1, 0.15) is 29.4 Å². The Hall–Kier alpha value is -1.66. The number of nitrogens with zero attached hydrogens (tertiary/aromatic N) is 1. The van der Waals surface area contributed by atoms with Crippen LogP contribution in [-0.4, -0.2) is 22.1 Å². The highest BCUT2D eigenvalue weighted by Crippen LogP contribution is 2.24. The predicted molar refractivity (Wildman–Crippen MR) is 82.1 cm³/mol. The molecule has 1 unspecified atom stereocenters. The summed E-state index contributed by atoms with van der Waals surface area (Å²) in [5.74, 6) is 1.25. The summed E-state index contributed by atoms with van der Waals surface area (Å²) >= 11 is 1.09. The molecule has 0 fully saturated rings. The van der Waals surface area contributed by atoms with Crippen LogP contribution in [0.4, 0.5) is 0 Å². The number of nitriles is 1. The molecule has 0 amide bonds. The van der Waals surface area contributed by atoms with Gasteiger partial charge in [-0.05, 0) is 23.6 Å². The van der Waals surface area contributed by atoms with Crippen molar-refractivity contribution in [3.05, 3.63) is 40.0 Å². The molecule has 6 nitrogen and oxygen atoms in total. The molecule has 1 N–H and O–H groups in total. The molecule has 0 aliphatic carbocycles. The summed E-state index contributed by atoms with van der Waals surface area (Å²) < 4.78 is 38.1. The fraction of sp³-hybridized carbons (Fsp3) is 0.357. The monoisotopic (exact) mass is 340 g/mol. The van der Waals surface area contributed by atoms with E-state index in [0.717, 1.165) is 23.5 Å². The molecule has 2 aromatic heterocycles. The van der Waals surface area contributed by atoms with E-state index in [9.17, 15) is 8.42 Å². The third kappa shape index (κ3) is 3.56. The maximum Gasteiger partial charge on any atom is 0.243 e. The van der Waals surface area contributed by atoms with Gasteiger partial charge in [0, 0.05) is 13.5 Å². The lowest BCUT2D eigenvalue weighted by atomic mass is 10.2. The highest BCUT2D eigenvalue weighted by molar-refractivity contribution is 7.89. The van der Waals surface area contributed by atoms with Crippen LogP contribution < -0.4 is 4.72 Å². The summed E-state index contributed by atoms with van der Waals surface area (Å²) in [6.45, 7) is 2.07. The van der Waals surface area contributed by atoms with E-state index in [1.165, 1.54) is 13.2 Å². The van der Waals surface area contributed by atoms with Gasteiger partial charge in [-0.25, -0.2) is 8.42 Å². The number of methoxy groups -OCH3 is 1. The second-order valence-electron chi connectivity index (χ2n) is 4.51. The average molecular weight is 340 g/mol. The van der Waals surface area contributed by atoms with Crippen molar-refractivity contribution >= 4 is 21.4 Å². The van der Waals surface area contributed by atoms with Crippen LogP contribution in [0.3, 0.4) is 0 Å². The molecule has 0 saturated heterocycles. The largest absolute Gasteiger partial charge is 0.464 e. The zero-order chi connectivity index (χ0) is 16.2. The van der Waals surface area contributed by atoms with Crippen molar-refractivity contribution < 1.29 is 17.6 Å². The molecule has 0 aliphatic rings. The Morgan fingerprint density at radius 1 is 1.45 bits per heavy atom. The Labute approximate surface area is 133 Å². The maximum absolute atomic E-state index is 12.5. The lowest BCUT2D eigenvalue weighted by molar-refractivity contribution is 0.166. The van der Waals surface area contributed by atoms with Crippen LogP contribution in [0.5, 0.6) is 0 Å². The quantitative estimate of drug-likeness (QED) is 0.836. The predicted octanol–water partition coefficient (Wildman–Crippen LogP) is 2.44. The molecular weight excluding hydrogens is 324 g/mol. The van der Waals surface area contributed by atoms with Gasteiger partial charge < -0.3 is 9.15 Å². The van der Waals surface area contributed by atoms with Crippen molar-refractivity contribution in [2.24, 2.45) is 0 Å². The maximum atomic E-state index is 12.5. The van der Waals surface area contributed by atoms with Gasteiger partial charge in [-0.15, -0.1) is 11.3 Å². The number of rotatable bonds is 7. The second kappa shape index (κ2) is 7.07. The van der Waals surface area contributed by atoms with E-state index in [1.807, 2.05) is 13.0 Å². The first kappa shape index (κ1) is 16.7. The molecule has 118 valence electrons. The Bertz CT molecular complexity index is 771. The normalized spacial score (nSPS) is 13.0. The zero-order valence-corrected chi connectivity index (χ0v) is 13.8. The number of aryl methyl sites for hydroxylation is 1. The molecule has 2 aromatic rings. The lowest BCUT2D eigenvalue weighted by Crippen LogP contribution is -2.31. The van der Waals surface area contributed by atoms with E-state index < -0.39 is 16.1 Å². The molecule has 0 aromatic carbocycles. The van der Waals surface area contributed by atoms with E-state index in [2.05, 4.69) is 4.72 Å². The first-order valence-corrected chi connectivity index (χ1v) is 8.95. The molecule has 8 heteroatoms. The van der Waals surface area contributed by atoms with Gasteiger partial charge in [-0.1, -0.05) is 6.92 Å². The lowest BCUT2D eigenvalue weighted by Gasteiger charge is -2.15. The van der Waals surface area contributed by atoms with Crippen molar-refractivity contribution in [3.63, 3.8) is 0 Å². The number of hydrogen-bond acceptors (Lipinski definition) is 6. The minimum absolute atomic E-state index is 0.0247. The summed E-state index contributed by atoms with van der Waals surface area (Å²) in [6, 6.07) is 6.17. The van der Waals surface area contributed by atoms with Crippen molar-refractivity contribution in [2.45, 2.75) is 24.3 Å². The molecule has 0 saturated carbocycles. The van der Waals surface area contributed by atoms with Gasteiger partial charge in [-0.3, -0.25) is 0 Å². The van der Waals surface area contributed by atoms with Gasteiger partial charge in [0.1, 0.15) is 33.4 Å². The smallest absolute Gasteiger partial charge is 0.243 e. The van der Waals surface area contributed by atoms with Gasteiger partial charge in [0.05, 0.1) is 6.61 Å². The van der Waals surface area contributed by atoms with E-state index in [1.54, 1.807) is 17.5 Å². The molecule has 0 aliphatic heterocycles. The van der Waals surface area contributed by atoms with E-state index in [-0.39, 0.29) is 16.4 Å². The molecule has 0 radical (unpaired) electrons. The molecule has 22 heavy (non-hydrogen) atoms. The van der Waals surface area contributed by atoms with Crippen molar-refractivity contribution in [2.75, 3.05) is 13.7 Å². The van der Waals surface area contributed by atoms with Crippen molar-refractivity contribution in [1.29, 1.82) is 5.26 Å². The van der Waals surface area contributed by atoms with E-state index in [0.29, 0.717) is 5.76 Å². The van der Waals surface area contributed by atoms with Crippen LogP contribution in [0.15, 0.2) is 32.9 Å². The average Bonchev–Trinajstić information content (AvgIpc) is 3.15. The zero-order valence-electron chi connectivity index (χ0n) is 12.2. The number of furan rings is 1. The SMILES string of the molecule is CCc1ccc(C(COC)NS(=O)(=O)c2ccsc2C#N)o1. The summed E-state index contributed by atoms with van der Waals surface area (Å²) in [7, 11) is -2.35.